The van der Waals surface area contributed by atoms with Crippen molar-refractivity contribution < 1.29 is 14.0 Å². The Morgan fingerprint density at radius 3 is 2.36 bits per heavy atom. The zero-order chi connectivity index (χ0) is 10.9. The highest BCUT2D eigenvalue weighted by atomic mass is 31.2. The third-order valence-electron chi connectivity index (χ3n) is 2.05. The summed E-state index contributed by atoms with van der Waals surface area (Å²) in [7, 11) is -2.07. The van der Waals surface area contributed by atoms with Crippen molar-refractivity contribution >= 4 is 7.75 Å². The monoisotopic (exact) mass is 223 g/mol. The van der Waals surface area contributed by atoms with Gasteiger partial charge in [-0.25, -0.2) is 9.65 Å². The van der Waals surface area contributed by atoms with Gasteiger partial charge in [0.25, 0.3) is 0 Å². The Kier molecular flexibility index (Phi) is 8.49. The van der Waals surface area contributed by atoms with Gasteiger partial charge in [0, 0.05) is 0 Å². The summed E-state index contributed by atoms with van der Waals surface area (Å²) in [5.74, 6) is 0. The Hall–Kier alpha value is 0.110. The van der Waals surface area contributed by atoms with Gasteiger partial charge in [0.1, 0.15) is 0 Å². The van der Waals surface area contributed by atoms with E-state index < -0.39 is 7.75 Å². The van der Waals surface area contributed by atoms with Crippen molar-refractivity contribution in [2.75, 3.05) is 13.7 Å². The lowest BCUT2D eigenvalue weighted by molar-refractivity contribution is 0.246. The van der Waals surface area contributed by atoms with Crippen LogP contribution in [0.3, 0.4) is 0 Å². The third-order valence-corrected chi connectivity index (χ3v) is 3.14. The second kappa shape index (κ2) is 8.42. The van der Waals surface area contributed by atoms with Crippen LogP contribution in [0.5, 0.6) is 0 Å². The molecular weight excluding hydrogens is 201 g/mol. The van der Waals surface area contributed by atoms with E-state index in [1.54, 1.807) is 0 Å². The summed E-state index contributed by atoms with van der Waals surface area (Å²) in [4.78, 5) is 8.99. The lowest BCUT2D eigenvalue weighted by atomic mass is 10.1. The number of hydrogen-bond donors (Lipinski definition) is 2. The fourth-order valence-corrected chi connectivity index (χ4v) is 1.64. The Balaban J connectivity index is 3.17. The highest BCUT2D eigenvalue weighted by molar-refractivity contribution is 7.50. The molecule has 1 unspecified atom stereocenters. The average molecular weight is 223 g/mol. The summed E-state index contributed by atoms with van der Waals surface area (Å²) in [6, 6.07) is 0. The lowest BCUT2D eigenvalue weighted by Gasteiger charge is -2.09. The van der Waals surface area contributed by atoms with Crippen molar-refractivity contribution in [3.63, 3.8) is 0 Å². The van der Waals surface area contributed by atoms with Crippen LogP contribution in [0.2, 0.25) is 0 Å². The molecule has 0 aliphatic carbocycles. The van der Waals surface area contributed by atoms with Crippen molar-refractivity contribution in [3.05, 3.63) is 0 Å². The molecule has 0 radical (unpaired) electrons. The van der Waals surface area contributed by atoms with Crippen molar-refractivity contribution in [1.29, 1.82) is 0 Å². The maximum Gasteiger partial charge on any atom is 0.402 e. The van der Waals surface area contributed by atoms with Crippen LogP contribution in [0.4, 0.5) is 0 Å². The predicted octanol–water partition coefficient (Wildman–Crippen LogP) is 2.68. The van der Waals surface area contributed by atoms with Crippen LogP contribution < -0.4 is 5.09 Å². The van der Waals surface area contributed by atoms with E-state index in [0.717, 1.165) is 12.8 Å². The molecule has 0 amide bonds. The highest BCUT2D eigenvalue weighted by Crippen LogP contribution is 2.35. The van der Waals surface area contributed by atoms with Gasteiger partial charge in [0.05, 0.1) is 6.61 Å². The molecule has 0 saturated carbocycles. The Bertz CT molecular complexity index is 175. The van der Waals surface area contributed by atoms with Gasteiger partial charge >= 0.3 is 7.75 Å². The molecule has 0 heterocycles. The largest absolute Gasteiger partial charge is 0.402 e. The molecule has 0 spiro atoms. The lowest BCUT2D eigenvalue weighted by Crippen LogP contribution is -2.06. The first-order chi connectivity index (χ1) is 6.62. The molecule has 0 aliphatic rings. The second-order valence-electron chi connectivity index (χ2n) is 3.35. The van der Waals surface area contributed by atoms with E-state index in [-0.39, 0.29) is 0 Å². The Labute approximate surface area is 86.6 Å². The number of nitrogens with one attached hydrogen (secondary N) is 1. The minimum absolute atomic E-state index is 0.362. The molecule has 0 fully saturated rings. The molecule has 0 aromatic carbocycles. The first kappa shape index (κ1) is 14.1. The van der Waals surface area contributed by atoms with Gasteiger partial charge in [-0.1, -0.05) is 39.0 Å². The van der Waals surface area contributed by atoms with Crippen LogP contribution in [-0.4, -0.2) is 18.5 Å². The van der Waals surface area contributed by atoms with Crippen LogP contribution in [0, 0.1) is 0 Å². The standard InChI is InChI=1S/C9H22NO3P/c1-3-4-5-6-7-8-9-13-14(11,12)10-2/h3-9H2,1-2H3,(H2,10,11,12). The zero-order valence-corrected chi connectivity index (χ0v) is 10.1. The summed E-state index contributed by atoms with van der Waals surface area (Å²) in [5.41, 5.74) is 0. The van der Waals surface area contributed by atoms with E-state index in [1.165, 1.54) is 32.7 Å². The summed E-state index contributed by atoms with van der Waals surface area (Å²) < 4.78 is 15.7. The van der Waals surface area contributed by atoms with Gasteiger partial charge in [-0.3, -0.25) is 4.52 Å². The molecule has 0 aromatic heterocycles. The topological polar surface area (TPSA) is 58.6 Å². The molecule has 2 N–H and O–H groups in total. The molecule has 0 saturated heterocycles. The Morgan fingerprint density at radius 2 is 1.79 bits per heavy atom. The number of unbranched alkanes of at least 4 members (excludes halogenated alkanes) is 5. The number of hydrogen-bond acceptors (Lipinski definition) is 2. The summed E-state index contributed by atoms with van der Waals surface area (Å²) in [6.45, 7) is 2.54. The van der Waals surface area contributed by atoms with Crippen molar-refractivity contribution in [3.8, 4) is 0 Å². The summed E-state index contributed by atoms with van der Waals surface area (Å²) in [6.07, 6.45) is 6.88. The minimum atomic E-state index is -3.48. The second-order valence-corrected chi connectivity index (χ2v) is 5.09. The molecule has 14 heavy (non-hydrogen) atoms. The van der Waals surface area contributed by atoms with Gasteiger partial charge < -0.3 is 4.89 Å². The smallest absolute Gasteiger partial charge is 0.312 e. The molecule has 0 aromatic rings. The molecular formula is C9H22NO3P. The van der Waals surface area contributed by atoms with E-state index >= 15 is 0 Å². The maximum absolute atomic E-state index is 10.9. The van der Waals surface area contributed by atoms with E-state index in [2.05, 4.69) is 12.0 Å². The average Bonchev–Trinajstić information content (AvgIpc) is 2.16. The molecule has 0 rings (SSSR count). The first-order valence-electron chi connectivity index (χ1n) is 5.28. The quantitative estimate of drug-likeness (QED) is 0.466. The fourth-order valence-electron chi connectivity index (χ4n) is 1.14. The van der Waals surface area contributed by atoms with Gasteiger partial charge in [-0.05, 0) is 13.5 Å². The summed E-state index contributed by atoms with van der Waals surface area (Å²) >= 11 is 0. The Morgan fingerprint density at radius 1 is 1.21 bits per heavy atom. The molecule has 4 nitrogen and oxygen atoms in total. The first-order valence-corrected chi connectivity index (χ1v) is 6.86. The van der Waals surface area contributed by atoms with E-state index in [1.807, 2.05) is 0 Å². The number of rotatable bonds is 9. The zero-order valence-electron chi connectivity index (χ0n) is 9.16. The fraction of sp³-hybridized carbons (Fsp3) is 1.00. The van der Waals surface area contributed by atoms with Crippen LogP contribution in [0.1, 0.15) is 45.4 Å². The van der Waals surface area contributed by atoms with E-state index in [9.17, 15) is 4.57 Å². The molecule has 0 bridgehead atoms. The van der Waals surface area contributed by atoms with Crippen LogP contribution in [0.25, 0.3) is 0 Å². The van der Waals surface area contributed by atoms with Gasteiger partial charge in [0.15, 0.2) is 0 Å². The van der Waals surface area contributed by atoms with Gasteiger partial charge in [-0.15, -0.1) is 0 Å². The van der Waals surface area contributed by atoms with Crippen LogP contribution in [0.15, 0.2) is 0 Å². The van der Waals surface area contributed by atoms with Gasteiger partial charge in [-0.2, -0.15) is 0 Å². The van der Waals surface area contributed by atoms with Crippen molar-refractivity contribution in [1.82, 2.24) is 5.09 Å². The normalized spacial score (nSPS) is 15.4. The van der Waals surface area contributed by atoms with Gasteiger partial charge in [0.2, 0.25) is 0 Å². The molecule has 1 atom stereocenters. The third kappa shape index (κ3) is 8.70. The van der Waals surface area contributed by atoms with E-state index in [4.69, 9.17) is 9.42 Å². The SMILES string of the molecule is CCCCCCCCOP(=O)(O)NC. The molecule has 86 valence electrons. The summed E-state index contributed by atoms with van der Waals surface area (Å²) in [5, 5.41) is 2.24. The van der Waals surface area contributed by atoms with Crippen LogP contribution >= 0.6 is 7.75 Å². The van der Waals surface area contributed by atoms with Crippen molar-refractivity contribution in [2.45, 2.75) is 45.4 Å². The molecule has 0 aliphatic heterocycles. The maximum atomic E-state index is 10.9. The molecule has 5 heteroatoms. The van der Waals surface area contributed by atoms with Crippen LogP contribution in [-0.2, 0) is 9.09 Å². The van der Waals surface area contributed by atoms with E-state index in [0.29, 0.717) is 6.61 Å². The predicted molar refractivity (Wildman–Crippen MR) is 58.2 cm³/mol. The minimum Gasteiger partial charge on any atom is -0.312 e. The van der Waals surface area contributed by atoms with Crippen molar-refractivity contribution in [2.24, 2.45) is 0 Å². The highest BCUT2D eigenvalue weighted by Gasteiger charge is 2.14.